The summed E-state index contributed by atoms with van der Waals surface area (Å²) in [5.74, 6) is 0.900. The molecule has 0 radical (unpaired) electrons. The molecule has 0 saturated heterocycles. The first kappa shape index (κ1) is 22.8. The molecular weight excluding hydrogens is 448 g/mol. The summed E-state index contributed by atoms with van der Waals surface area (Å²) in [5, 5.41) is 3.96. The van der Waals surface area contributed by atoms with Crippen molar-refractivity contribution in [3.63, 3.8) is 0 Å². The second kappa shape index (κ2) is 9.77. The molecule has 36 heavy (non-hydrogen) atoms. The van der Waals surface area contributed by atoms with Crippen LogP contribution in [0.1, 0.15) is 52.8 Å². The van der Waals surface area contributed by atoms with E-state index in [0.717, 1.165) is 47.2 Å². The SMILES string of the molecule is O=C(OCC1CC2CC(C1)CC(OC(=O)c1cccc3ccccc13)C2)c1cccc2ccccc12. The third-order valence-electron chi connectivity index (χ3n) is 7.94. The summed E-state index contributed by atoms with van der Waals surface area (Å²) < 4.78 is 11.8. The van der Waals surface area contributed by atoms with Gasteiger partial charge in [0.25, 0.3) is 0 Å². The Morgan fingerprint density at radius 1 is 0.611 bits per heavy atom. The fourth-order valence-electron chi connectivity index (χ4n) is 6.45. The summed E-state index contributed by atoms with van der Waals surface area (Å²) in [6, 6.07) is 27.4. The van der Waals surface area contributed by atoms with Gasteiger partial charge in [0.15, 0.2) is 0 Å². The molecule has 182 valence electrons. The van der Waals surface area contributed by atoms with Gasteiger partial charge in [0.1, 0.15) is 6.10 Å². The Labute approximate surface area is 211 Å². The summed E-state index contributed by atoms with van der Waals surface area (Å²) in [6.07, 6.45) is 4.94. The van der Waals surface area contributed by atoms with Gasteiger partial charge in [-0.15, -0.1) is 0 Å². The lowest BCUT2D eigenvalue weighted by Gasteiger charge is -2.41. The van der Waals surface area contributed by atoms with Crippen molar-refractivity contribution in [1.82, 2.24) is 0 Å². The summed E-state index contributed by atoms with van der Waals surface area (Å²) in [4.78, 5) is 25.9. The lowest BCUT2D eigenvalue weighted by molar-refractivity contribution is -0.0196. The maximum Gasteiger partial charge on any atom is 0.339 e. The fraction of sp³-hybridized carbons (Fsp3) is 0.312. The van der Waals surface area contributed by atoms with E-state index in [0.29, 0.717) is 35.5 Å². The van der Waals surface area contributed by atoms with Gasteiger partial charge in [-0.1, -0.05) is 72.8 Å². The molecule has 2 atom stereocenters. The van der Waals surface area contributed by atoms with E-state index in [4.69, 9.17) is 9.47 Å². The Hall–Kier alpha value is -3.66. The topological polar surface area (TPSA) is 52.6 Å². The molecule has 2 fully saturated rings. The van der Waals surface area contributed by atoms with Gasteiger partial charge < -0.3 is 9.47 Å². The van der Waals surface area contributed by atoms with Crippen LogP contribution in [-0.4, -0.2) is 24.6 Å². The number of carbonyl (C=O) groups is 2. The van der Waals surface area contributed by atoms with Crippen LogP contribution in [-0.2, 0) is 9.47 Å². The Morgan fingerprint density at radius 3 is 1.75 bits per heavy atom. The Kier molecular flexibility index (Phi) is 6.18. The Morgan fingerprint density at radius 2 is 1.14 bits per heavy atom. The zero-order chi connectivity index (χ0) is 24.5. The summed E-state index contributed by atoms with van der Waals surface area (Å²) in [6.45, 7) is 0.454. The Balaban J connectivity index is 1.06. The molecule has 0 amide bonds. The summed E-state index contributed by atoms with van der Waals surface area (Å²) >= 11 is 0. The second-order valence-corrected chi connectivity index (χ2v) is 10.5. The summed E-state index contributed by atoms with van der Waals surface area (Å²) in [7, 11) is 0. The molecule has 2 bridgehead atoms. The van der Waals surface area contributed by atoms with E-state index < -0.39 is 0 Å². The third kappa shape index (κ3) is 4.60. The normalized spacial score (nSPS) is 23.3. The van der Waals surface area contributed by atoms with Crippen molar-refractivity contribution in [2.45, 2.75) is 38.2 Å². The largest absolute Gasteiger partial charge is 0.462 e. The van der Waals surface area contributed by atoms with Gasteiger partial charge in [0, 0.05) is 0 Å². The van der Waals surface area contributed by atoms with Gasteiger partial charge in [0.2, 0.25) is 0 Å². The first-order valence-corrected chi connectivity index (χ1v) is 13.0. The van der Waals surface area contributed by atoms with E-state index in [1.54, 1.807) is 0 Å². The van der Waals surface area contributed by atoms with Gasteiger partial charge in [-0.2, -0.15) is 0 Å². The highest BCUT2D eigenvalue weighted by Gasteiger charge is 2.38. The van der Waals surface area contributed by atoms with Crippen LogP contribution in [0, 0.1) is 17.8 Å². The smallest absolute Gasteiger partial charge is 0.339 e. The van der Waals surface area contributed by atoms with Crippen molar-refractivity contribution in [2.75, 3.05) is 6.61 Å². The van der Waals surface area contributed by atoms with Gasteiger partial charge in [-0.05, 0) is 83.5 Å². The lowest BCUT2D eigenvalue weighted by atomic mass is 9.67. The fourth-order valence-corrected chi connectivity index (χ4v) is 6.45. The van der Waals surface area contributed by atoms with Crippen LogP contribution in [0.4, 0.5) is 0 Å². The minimum atomic E-state index is -0.246. The van der Waals surface area contributed by atoms with Crippen molar-refractivity contribution in [1.29, 1.82) is 0 Å². The highest BCUT2D eigenvalue weighted by Crippen LogP contribution is 2.44. The molecular formula is C32H30O4. The molecule has 4 aromatic carbocycles. The maximum absolute atomic E-state index is 13.0. The molecule has 2 aliphatic rings. The van der Waals surface area contributed by atoms with Crippen LogP contribution in [0.25, 0.3) is 21.5 Å². The van der Waals surface area contributed by atoms with Gasteiger partial charge in [-0.3, -0.25) is 0 Å². The van der Waals surface area contributed by atoms with Crippen LogP contribution in [0.3, 0.4) is 0 Å². The second-order valence-electron chi connectivity index (χ2n) is 10.5. The molecule has 4 nitrogen and oxygen atoms in total. The average molecular weight is 479 g/mol. The number of fused-ring (bicyclic) bond motifs is 4. The molecule has 4 aromatic rings. The number of esters is 2. The average Bonchev–Trinajstić information content (AvgIpc) is 2.90. The zero-order valence-electron chi connectivity index (χ0n) is 20.3. The molecule has 0 aromatic heterocycles. The van der Waals surface area contributed by atoms with Crippen LogP contribution in [0.15, 0.2) is 84.9 Å². The van der Waals surface area contributed by atoms with E-state index in [2.05, 4.69) is 0 Å². The van der Waals surface area contributed by atoms with E-state index >= 15 is 0 Å². The van der Waals surface area contributed by atoms with Gasteiger partial charge in [-0.25, -0.2) is 9.59 Å². The molecule has 0 N–H and O–H groups in total. The molecule has 2 unspecified atom stereocenters. The first-order valence-electron chi connectivity index (χ1n) is 13.0. The quantitative estimate of drug-likeness (QED) is 0.285. The number of benzene rings is 4. The lowest BCUT2D eigenvalue weighted by Crippen LogP contribution is -2.37. The highest BCUT2D eigenvalue weighted by molar-refractivity contribution is 6.05. The molecule has 6 rings (SSSR count). The molecule has 4 heteroatoms. The number of ether oxygens (including phenoxy) is 2. The van der Waals surface area contributed by atoms with E-state index in [1.165, 1.54) is 6.42 Å². The number of rotatable bonds is 5. The van der Waals surface area contributed by atoms with Crippen LogP contribution in [0.5, 0.6) is 0 Å². The molecule has 0 spiro atoms. The van der Waals surface area contributed by atoms with Crippen LogP contribution in [0.2, 0.25) is 0 Å². The molecule has 2 saturated carbocycles. The predicted octanol–water partition coefficient (Wildman–Crippen LogP) is 7.20. The number of hydrogen-bond donors (Lipinski definition) is 0. The van der Waals surface area contributed by atoms with Crippen molar-refractivity contribution in [2.24, 2.45) is 17.8 Å². The Bertz CT molecular complexity index is 1400. The van der Waals surface area contributed by atoms with Crippen LogP contribution < -0.4 is 0 Å². The van der Waals surface area contributed by atoms with E-state index in [-0.39, 0.29) is 18.0 Å². The third-order valence-corrected chi connectivity index (χ3v) is 7.94. The molecule has 0 heterocycles. The zero-order valence-corrected chi connectivity index (χ0v) is 20.3. The number of carbonyl (C=O) groups excluding carboxylic acids is 2. The highest BCUT2D eigenvalue weighted by atomic mass is 16.5. The molecule has 0 aliphatic heterocycles. The number of hydrogen-bond acceptors (Lipinski definition) is 4. The van der Waals surface area contributed by atoms with E-state index in [1.807, 2.05) is 84.9 Å². The van der Waals surface area contributed by atoms with Crippen molar-refractivity contribution in [3.05, 3.63) is 96.1 Å². The van der Waals surface area contributed by atoms with Crippen molar-refractivity contribution < 1.29 is 19.1 Å². The van der Waals surface area contributed by atoms with Crippen molar-refractivity contribution >= 4 is 33.5 Å². The van der Waals surface area contributed by atoms with Crippen molar-refractivity contribution in [3.8, 4) is 0 Å². The monoisotopic (exact) mass is 478 g/mol. The molecule has 2 aliphatic carbocycles. The predicted molar refractivity (Wildman–Crippen MR) is 141 cm³/mol. The van der Waals surface area contributed by atoms with E-state index in [9.17, 15) is 9.59 Å². The van der Waals surface area contributed by atoms with Gasteiger partial charge in [0.05, 0.1) is 17.7 Å². The first-order chi connectivity index (χ1) is 17.6. The minimum Gasteiger partial charge on any atom is -0.462 e. The standard InChI is InChI=1S/C32H30O4/c33-31(29-13-5-9-24-7-1-3-11-27(24)29)35-20-23-16-21-15-22(17-23)19-26(18-21)36-32(34)30-14-6-10-25-8-2-4-12-28(25)30/h1-14,21-23,26H,15-20H2. The maximum atomic E-state index is 13.0. The van der Waals surface area contributed by atoms with Crippen LogP contribution >= 0.6 is 0 Å². The summed E-state index contributed by atoms with van der Waals surface area (Å²) in [5.41, 5.74) is 1.27. The minimum absolute atomic E-state index is 0.0422. The van der Waals surface area contributed by atoms with Gasteiger partial charge >= 0.3 is 11.9 Å².